The summed E-state index contributed by atoms with van der Waals surface area (Å²) in [5.74, 6) is -0.0140. The van der Waals surface area contributed by atoms with E-state index in [2.05, 4.69) is 15.6 Å². The Kier molecular flexibility index (Phi) is 4.65. The van der Waals surface area contributed by atoms with Gasteiger partial charge in [0.05, 0.1) is 11.7 Å². The molecule has 5 heteroatoms. The summed E-state index contributed by atoms with van der Waals surface area (Å²) >= 11 is 1.60. The van der Waals surface area contributed by atoms with Gasteiger partial charge in [-0.2, -0.15) is 0 Å². The van der Waals surface area contributed by atoms with Gasteiger partial charge in [-0.1, -0.05) is 30.3 Å². The second-order valence-electron chi connectivity index (χ2n) is 4.21. The van der Waals surface area contributed by atoms with E-state index in [1.54, 1.807) is 18.4 Å². The fourth-order valence-electron chi connectivity index (χ4n) is 1.68. The van der Waals surface area contributed by atoms with E-state index in [1.807, 2.05) is 42.6 Å². The van der Waals surface area contributed by atoms with E-state index in [0.29, 0.717) is 6.54 Å². The molecule has 100 valence electrons. The number of aromatic nitrogens is 1. The van der Waals surface area contributed by atoms with Crippen LogP contribution in [0.25, 0.3) is 11.3 Å². The van der Waals surface area contributed by atoms with Crippen LogP contribution >= 0.6 is 11.3 Å². The predicted molar refractivity (Wildman–Crippen MR) is 77.9 cm³/mol. The van der Waals surface area contributed by atoms with Crippen molar-refractivity contribution in [3.63, 3.8) is 0 Å². The summed E-state index contributed by atoms with van der Waals surface area (Å²) in [4.78, 5) is 15.9. The molecule has 1 aromatic carbocycles. The molecular formula is C14H17N3OS. The van der Waals surface area contributed by atoms with Crippen molar-refractivity contribution in [3.8, 4) is 11.3 Å². The largest absolute Gasteiger partial charge is 0.358 e. The number of carbonyl (C=O) groups is 1. The average Bonchev–Trinajstić information content (AvgIpc) is 2.93. The van der Waals surface area contributed by atoms with Gasteiger partial charge in [0.25, 0.3) is 0 Å². The van der Waals surface area contributed by atoms with Crippen molar-refractivity contribution < 1.29 is 4.79 Å². The third-order valence-electron chi connectivity index (χ3n) is 2.82. The van der Waals surface area contributed by atoms with E-state index in [4.69, 9.17) is 0 Å². The lowest BCUT2D eigenvalue weighted by molar-refractivity contribution is -0.122. The van der Waals surface area contributed by atoms with Crippen molar-refractivity contribution >= 4 is 17.2 Å². The molecule has 0 aliphatic heterocycles. The number of carbonyl (C=O) groups excluding carboxylic acids is 1. The van der Waals surface area contributed by atoms with Gasteiger partial charge in [0.2, 0.25) is 5.91 Å². The highest BCUT2D eigenvalue weighted by Crippen LogP contribution is 2.21. The molecule has 0 fully saturated rings. The summed E-state index contributed by atoms with van der Waals surface area (Å²) in [6.45, 7) is 2.44. The highest BCUT2D eigenvalue weighted by molar-refractivity contribution is 7.09. The Labute approximate surface area is 116 Å². The van der Waals surface area contributed by atoms with Crippen LogP contribution in [0.1, 0.15) is 11.9 Å². The lowest BCUT2D eigenvalue weighted by atomic mass is 10.2. The van der Waals surface area contributed by atoms with Crippen LogP contribution in [0.2, 0.25) is 0 Å². The Morgan fingerprint density at radius 3 is 2.79 bits per heavy atom. The maximum absolute atomic E-state index is 11.4. The Balaban J connectivity index is 1.97. The Bertz CT molecular complexity index is 539. The highest BCUT2D eigenvalue weighted by Gasteiger charge is 2.11. The number of benzene rings is 1. The lowest BCUT2D eigenvalue weighted by Gasteiger charge is -2.10. The number of nitrogens with one attached hydrogen (secondary N) is 2. The molecule has 0 bridgehead atoms. The number of hydrogen-bond acceptors (Lipinski definition) is 4. The highest BCUT2D eigenvalue weighted by atomic mass is 32.1. The van der Waals surface area contributed by atoms with Crippen LogP contribution in [-0.4, -0.2) is 24.0 Å². The molecular weight excluding hydrogens is 258 g/mol. The number of hydrogen-bond donors (Lipinski definition) is 2. The van der Waals surface area contributed by atoms with Crippen LogP contribution in [0, 0.1) is 0 Å². The predicted octanol–water partition coefficient (Wildman–Crippen LogP) is 2.03. The molecule has 1 heterocycles. The quantitative estimate of drug-likeness (QED) is 0.878. The zero-order valence-electron chi connectivity index (χ0n) is 11.0. The molecule has 2 aromatic rings. The van der Waals surface area contributed by atoms with Crippen molar-refractivity contribution in [2.45, 2.75) is 19.5 Å². The van der Waals surface area contributed by atoms with Crippen molar-refractivity contribution in [1.29, 1.82) is 0 Å². The van der Waals surface area contributed by atoms with Crippen molar-refractivity contribution in [1.82, 2.24) is 15.6 Å². The molecule has 1 atom stereocenters. The molecule has 2 N–H and O–H groups in total. The minimum Gasteiger partial charge on any atom is -0.358 e. The Hall–Kier alpha value is -1.72. The zero-order valence-corrected chi connectivity index (χ0v) is 11.8. The van der Waals surface area contributed by atoms with E-state index < -0.39 is 0 Å². The molecule has 19 heavy (non-hydrogen) atoms. The first kappa shape index (κ1) is 13.7. The first-order valence-corrected chi connectivity index (χ1v) is 7.03. The third kappa shape index (κ3) is 3.62. The van der Waals surface area contributed by atoms with Gasteiger partial charge in [0.1, 0.15) is 5.01 Å². The van der Waals surface area contributed by atoms with Crippen molar-refractivity contribution in [2.24, 2.45) is 0 Å². The van der Waals surface area contributed by atoms with Gasteiger partial charge in [-0.25, -0.2) is 4.98 Å². The molecule has 1 unspecified atom stereocenters. The molecule has 2 rings (SSSR count). The molecule has 4 nitrogen and oxygen atoms in total. The van der Waals surface area contributed by atoms with Crippen LogP contribution in [0.3, 0.4) is 0 Å². The molecule has 0 saturated heterocycles. The SMILES string of the molecule is CNC(=O)C(C)NCc1nc(-c2ccccc2)cs1. The van der Waals surface area contributed by atoms with Gasteiger partial charge in [0, 0.05) is 24.5 Å². The first-order chi connectivity index (χ1) is 9.20. The number of rotatable bonds is 5. The van der Waals surface area contributed by atoms with Gasteiger partial charge < -0.3 is 5.32 Å². The topological polar surface area (TPSA) is 54.0 Å². The summed E-state index contributed by atoms with van der Waals surface area (Å²) in [5.41, 5.74) is 2.10. The molecule has 0 aliphatic rings. The number of amides is 1. The van der Waals surface area contributed by atoms with Crippen molar-refractivity contribution in [2.75, 3.05) is 7.05 Å². The number of thiazole rings is 1. The Morgan fingerprint density at radius 1 is 1.37 bits per heavy atom. The van der Waals surface area contributed by atoms with E-state index >= 15 is 0 Å². The van der Waals surface area contributed by atoms with Gasteiger partial charge >= 0.3 is 0 Å². The summed E-state index contributed by atoms with van der Waals surface area (Å²) in [7, 11) is 1.64. The summed E-state index contributed by atoms with van der Waals surface area (Å²) in [6.07, 6.45) is 0. The summed E-state index contributed by atoms with van der Waals surface area (Å²) in [5, 5.41) is 8.78. The standard InChI is InChI=1S/C14H17N3OS/c1-10(14(18)15-2)16-8-13-17-12(9-19-13)11-6-4-3-5-7-11/h3-7,9-10,16H,8H2,1-2H3,(H,15,18). The smallest absolute Gasteiger partial charge is 0.236 e. The first-order valence-electron chi connectivity index (χ1n) is 6.15. The maximum atomic E-state index is 11.4. The molecule has 0 saturated carbocycles. The van der Waals surface area contributed by atoms with E-state index in [9.17, 15) is 4.79 Å². The third-order valence-corrected chi connectivity index (χ3v) is 3.67. The van der Waals surface area contributed by atoms with Gasteiger partial charge in [0.15, 0.2) is 0 Å². The van der Waals surface area contributed by atoms with Crippen LogP contribution in [0.5, 0.6) is 0 Å². The minimum atomic E-state index is -0.214. The van der Waals surface area contributed by atoms with Gasteiger partial charge in [-0.15, -0.1) is 11.3 Å². The second-order valence-corrected chi connectivity index (χ2v) is 5.15. The fraction of sp³-hybridized carbons (Fsp3) is 0.286. The molecule has 1 amide bonds. The van der Waals surface area contributed by atoms with Crippen molar-refractivity contribution in [3.05, 3.63) is 40.7 Å². The number of likely N-dealkylation sites (N-methyl/N-ethyl adjacent to an activating group) is 1. The molecule has 0 radical (unpaired) electrons. The summed E-state index contributed by atoms with van der Waals surface area (Å²) < 4.78 is 0. The van der Waals surface area contributed by atoms with Crippen LogP contribution in [-0.2, 0) is 11.3 Å². The van der Waals surface area contributed by atoms with Crippen LogP contribution in [0.4, 0.5) is 0 Å². The molecule has 0 spiro atoms. The zero-order chi connectivity index (χ0) is 13.7. The summed E-state index contributed by atoms with van der Waals surface area (Å²) in [6, 6.07) is 9.86. The van der Waals surface area contributed by atoms with Gasteiger partial charge in [-0.3, -0.25) is 10.1 Å². The monoisotopic (exact) mass is 275 g/mol. The molecule has 0 aliphatic carbocycles. The van der Waals surface area contributed by atoms with Crippen LogP contribution < -0.4 is 10.6 Å². The fourth-order valence-corrected chi connectivity index (χ4v) is 2.44. The second kappa shape index (κ2) is 6.45. The van der Waals surface area contributed by atoms with Gasteiger partial charge in [-0.05, 0) is 6.92 Å². The normalized spacial score (nSPS) is 12.1. The Morgan fingerprint density at radius 2 is 2.11 bits per heavy atom. The van der Waals surface area contributed by atoms with E-state index in [0.717, 1.165) is 16.3 Å². The lowest BCUT2D eigenvalue weighted by Crippen LogP contribution is -2.40. The van der Waals surface area contributed by atoms with E-state index in [1.165, 1.54) is 0 Å². The van der Waals surface area contributed by atoms with E-state index in [-0.39, 0.29) is 11.9 Å². The minimum absolute atomic E-state index is 0.0140. The van der Waals surface area contributed by atoms with Crippen LogP contribution in [0.15, 0.2) is 35.7 Å². The number of nitrogens with zero attached hydrogens (tertiary/aromatic N) is 1. The average molecular weight is 275 g/mol. The maximum Gasteiger partial charge on any atom is 0.236 e. The molecule has 1 aromatic heterocycles.